The summed E-state index contributed by atoms with van der Waals surface area (Å²) in [5.74, 6) is 0.437. The molecule has 0 radical (unpaired) electrons. The van der Waals surface area contributed by atoms with Gasteiger partial charge in [-0.05, 0) is 59.4 Å². The molecule has 152 valence electrons. The topological polar surface area (TPSA) is 78.8 Å². The van der Waals surface area contributed by atoms with Crippen LogP contribution in [0, 0.1) is 0 Å². The van der Waals surface area contributed by atoms with Crippen molar-refractivity contribution in [1.82, 2.24) is 5.32 Å². The molecular weight excluding hydrogens is 354 g/mol. The highest BCUT2D eigenvalue weighted by molar-refractivity contribution is 6.00. The Kier molecular flexibility index (Phi) is 5.84. The van der Waals surface area contributed by atoms with Crippen LogP contribution in [0.3, 0.4) is 0 Å². The number of amides is 1. The maximum absolute atomic E-state index is 11.9. The molecule has 5 heteroatoms. The van der Waals surface area contributed by atoms with Gasteiger partial charge in [0.25, 0.3) is 5.91 Å². The highest BCUT2D eigenvalue weighted by Gasteiger charge is 2.41. The number of carbonyl (C=O) groups is 1. The van der Waals surface area contributed by atoms with Crippen molar-refractivity contribution >= 4 is 5.91 Å². The molecule has 0 spiro atoms. The Balaban J connectivity index is 1.63. The molecule has 0 saturated heterocycles. The quantitative estimate of drug-likeness (QED) is 0.616. The van der Waals surface area contributed by atoms with Crippen LogP contribution < -0.4 is 10.1 Å². The largest absolute Gasteiger partial charge is 0.508 e. The Morgan fingerprint density at radius 3 is 2.75 bits per heavy atom. The second-order valence-electron chi connectivity index (χ2n) is 8.49. The zero-order valence-corrected chi connectivity index (χ0v) is 17.3. The Labute approximate surface area is 167 Å². The first-order valence-electron chi connectivity index (χ1n) is 10.0. The summed E-state index contributed by atoms with van der Waals surface area (Å²) in [6.45, 7) is 8.53. The van der Waals surface area contributed by atoms with Crippen LogP contribution in [0.2, 0.25) is 0 Å². The van der Waals surface area contributed by atoms with E-state index in [1.165, 1.54) is 17.2 Å². The van der Waals surface area contributed by atoms with E-state index in [4.69, 9.17) is 4.74 Å². The Morgan fingerprint density at radius 1 is 1.29 bits per heavy atom. The fraction of sp³-hybridized carbons (Fsp3) is 0.522. The standard InChI is InChI=1S/C23H31NO4/c1-14(2)7-5-8-15(3)9-6-10-23(4,27)20-12-17-19(25)11-16-18(21(17)28-20)13-24-22(16)26/h7,9,11,20,25,27H,5-6,8,10,12-13H2,1-4H3,(H,24,26). The highest BCUT2D eigenvalue weighted by atomic mass is 16.5. The normalized spacial score (nSPS) is 20.1. The second kappa shape index (κ2) is 8.00. The van der Waals surface area contributed by atoms with Crippen LogP contribution in [0.5, 0.6) is 11.5 Å². The van der Waals surface area contributed by atoms with Gasteiger partial charge in [-0.3, -0.25) is 4.79 Å². The van der Waals surface area contributed by atoms with Crippen LogP contribution >= 0.6 is 0 Å². The lowest BCUT2D eigenvalue weighted by atomic mass is 9.89. The van der Waals surface area contributed by atoms with Gasteiger partial charge in [0.2, 0.25) is 0 Å². The molecule has 5 nitrogen and oxygen atoms in total. The summed E-state index contributed by atoms with van der Waals surface area (Å²) in [4.78, 5) is 11.9. The number of ether oxygens (including phenoxy) is 1. The van der Waals surface area contributed by atoms with Gasteiger partial charge >= 0.3 is 0 Å². The Hall–Kier alpha value is -2.27. The molecule has 3 rings (SSSR count). The van der Waals surface area contributed by atoms with Gasteiger partial charge in [0.1, 0.15) is 17.6 Å². The first-order chi connectivity index (χ1) is 13.2. The molecule has 2 aliphatic heterocycles. The predicted molar refractivity (Wildman–Crippen MR) is 110 cm³/mol. The minimum atomic E-state index is -1.02. The van der Waals surface area contributed by atoms with E-state index in [2.05, 4.69) is 38.2 Å². The van der Waals surface area contributed by atoms with E-state index >= 15 is 0 Å². The van der Waals surface area contributed by atoms with E-state index in [0.717, 1.165) is 24.8 Å². The van der Waals surface area contributed by atoms with Crippen LogP contribution in [0.4, 0.5) is 0 Å². The van der Waals surface area contributed by atoms with E-state index in [1.807, 2.05) is 0 Å². The number of phenolic OH excluding ortho intramolecular Hbond substituents is 1. The minimum Gasteiger partial charge on any atom is -0.508 e. The maximum Gasteiger partial charge on any atom is 0.252 e. The van der Waals surface area contributed by atoms with E-state index in [9.17, 15) is 15.0 Å². The molecule has 1 amide bonds. The summed E-state index contributed by atoms with van der Waals surface area (Å²) >= 11 is 0. The summed E-state index contributed by atoms with van der Waals surface area (Å²) in [5.41, 5.74) is 3.57. The zero-order chi connectivity index (χ0) is 20.5. The molecule has 0 bridgehead atoms. The molecule has 0 aromatic heterocycles. The smallest absolute Gasteiger partial charge is 0.252 e. The van der Waals surface area contributed by atoms with Gasteiger partial charge in [-0.15, -0.1) is 0 Å². The van der Waals surface area contributed by atoms with Crippen molar-refractivity contribution in [3.8, 4) is 11.5 Å². The van der Waals surface area contributed by atoms with E-state index in [1.54, 1.807) is 6.92 Å². The summed E-state index contributed by atoms with van der Waals surface area (Å²) in [6, 6.07) is 1.51. The molecule has 28 heavy (non-hydrogen) atoms. The van der Waals surface area contributed by atoms with Gasteiger partial charge in [0.05, 0.1) is 11.2 Å². The molecule has 3 N–H and O–H groups in total. The molecule has 1 aromatic carbocycles. The van der Waals surface area contributed by atoms with Gasteiger partial charge in [-0.1, -0.05) is 23.3 Å². The number of benzene rings is 1. The van der Waals surface area contributed by atoms with Crippen molar-refractivity contribution in [2.45, 2.75) is 78.0 Å². The van der Waals surface area contributed by atoms with Crippen molar-refractivity contribution in [2.24, 2.45) is 0 Å². The monoisotopic (exact) mass is 385 g/mol. The van der Waals surface area contributed by atoms with Gasteiger partial charge in [0, 0.05) is 24.1 Å². The summed E-state index contributed by atoms with van der Waals surface area (Å²) in [6.07, 6.45) is 7.85. The zero-order valence-electron chi connectivity index (χ0n) is 17.3. The van der Waals surface area contributed by atoms with Crippen LogP contribution in [0.25, 0.3) is 0 Å². The average Bonchev–Trinajstić information content (AvgIpc) is 3.20. The average molecular weight is 386 g/mol. The molecule has 2 aliphatic rings. The van der Waals surface area contributed by atoms with E-state index in [-0.39, 0.29) is 11.7 Å². The number of allylic oxidation sites excluding steroid dienone is 4. The van der Waals surface area contributed by atoms with Crippen LogP contribution in [0.15, 0.2) is 29.4 Å². The van der Waals surface area contributed by atoms with Gasteiger partial charge < -0.3 is 20.3 Å². The van der Waals surface area contributed by atoms with Gasteiger partial charge in [-0.2, -0.15) is 0 Å². The molecule has 0 saturated carbocycles. The number of aliphatic hydroxyl groups is 1. The SMILES string of the molecule is CC(C)=CCCC(C)=CCCC(C)(O)C1Cc2c(O)cc3c(c2O1)CNC3=O. The van der Waals surface area contributed by atoms with Gasteiger partial charge in [-0.25, -0.2) is 0 Å². The van der Waals surface area contributed by atoms with Crippen molar-refractivity contribution in [3.63, 3.8) is 0 Å². The molecule has 2 atom stereocenters. The predicted octanol–water partition coefficient (Wildman–Crippen LogP) is 4.16. The summed E-state index contributed by atoms with van der Waals surface area (Å²) in [7, 11) is 0. The first-order valence-corrected chi connectivity index (χ1v) is 10.0. The minimum absolute atomic E-state index is 0.0686. The third-order valence-corrected chi connectivity index (χ3v) is 5.71. The van der Waals surface area contributed by atoms with Gasteiger partial charge in [0.15, 0.2) is 0 Å². The summed E-state index contributed by atoms with van der Waals surface area (Å²) < 4.78 is 6.06. The maximum atomic E-state index is 11.9. The Bertz CT molecular complexity index is 831. The number of nitrogens with one attached hydrogen (secondary N) is 1. The third kappa shape index (κ3) is 4.25. The van der Waals surface area contributed by atoms with Crippen molar-refractivity contribution < 1.29 is 19.7 Å². The number of phenols is 1. The first kappa shape index (κ1) is 20.5. The lowest BCUT2D eigenvalue weighted by molar-refractivity contribution is -0.0435. The fourth-order valence-corrected chi connectivity index (χ4v) is 3.89. The van der Waals surface area contributed by atoms with Crippen LogP contribution in [-0.4, -0.2) is 27.8 Å². The molecule has 0 aliphatic carbocycles. The summed E-state index contributed by atoms with van der Waals surface area (Å²) in [5, 5.41) is 24.1. The molecule has 0 fully saturated rings. The molecule has 2 unspecified atom stereocenters. The molecule has 2 heterocycles. The van der Waals surface area contributed by atoms with Crippen molar-refractivity contribution in [3.05, 3.63) is 46.1 Å². The van der Waals surface area contributed by atoms with Crippen molar-refractivity contribution in [2.75, 3.05) is 0 Å². The number of rotatable bonds is 7. The van der Waals surface area contributed by atoms with E-state index < -0.39 is 11.7 Å². The lowest BCUT2D eigenvalue weighted by Gasteiger charge is -2.29. The number of hydrogen-bond acceptors (Lipinski definition) is 4. The number of fused-ring (bicyclic) bond motifs is 3. The number of hydrogen-bond donors (Lipinski definition) is 3. The molecular formula is C23H31NO4. The Morgan fingerprint density at radius 2 is 2.04 bits per heavy atom. The lowest BCUT2D eigenvalue weighted by Crippen LogP contribution is -2.42. The van der Waals surface area contributed by atoms with E-state index in [0.29, 0.717) is 36.3 Å². The van der Waals surface area contributed by atoms with Crippen LogP contribution in [-0.2, 0) is 13.0 Å². The second-order valence-corrected chi connectivity index (χ2v) is 8.49. The number of carbonyl (C=O) groups excluding carboxylic acids is 1. The molecule has 1 aromatic rings. The third-order valence-electron chi connectivity index (χ3n) is 5.71. The van der Waals surface area contributed by atoms with Crippen molar-refractivity contribution in [1.29, 1.82) is 0 Å². The highest BCUT2D eigenvalue weighted by Crippen LogP contribution is 2.44. The fourth-order valence-electron chi connectivity index (χ4n) is 3.89. The van der Waals surface area contributed by atoms with Crippen LogP contribution in [0.1, 0.15) is 74.9 Å². The number of aromatic hydroxyl groups is 1.